The lowest BCUT2D eigenvalue weighted by Crippen LogP contribution is -2.46. The highest BCUT2D eigenvalue weighted by molar-refractivity contribution is 6.34. The lowest BCUT2D eigenvalue weighted by molar-refractivity contribution is -0.384. The molecule has 1 saturated carbocycles. The van der Waals surface area contributed by atoms with E-state index in [1.54, 1.807) is 0 Å². The molecule has 0 spiro atoms. The Balaban J connectivity index is 1.82. The Labute approximate surface area is 137 Å². The first-order valence-electron chi connectivity index (χ1n) is 7.52. The lowest BCUT2D eigenvalue weighted by atomic mass is 10.1. The van der Waals surface area contributed by atoms with E-state index in [1.165, 1.54) is 23.1 Å². The molecule has 1 heterocycles. The van der Waals surface area contributed by atoms with Crippen molar-refractivity contribution < 1.29 is 14.5 Å². The van der Waals surface area contributed by atoms with Crippen LogP contribution in [0.25, 0.3) is 0 Å². The molecule has 1 saturated heterocycles. The molecule has 1 aliphatic heterocycles. The largest absolute Gasteiger partial charge is 0.352 e. The van der Waals surface area contributed by atoms with Crippen LogP contribution in [0.15, 0.2) is 18.2 Å². The molecule has 0 radical (unpaired) electrons. The molecule has 1 aromatic carbocycles. The summed E-state index contributed by atoms with van der Waals surface area (Å²) in [6, 6.07) is 3.45. The number of benzene rings is 1. The predicted molar refractivity (Wildman–Crippen MR) is 83.3 cm³/mol. The van der Waals surface area contributed by atoms with Crippen molar-refractivity contribution in [1.82, 2.24) is 10.2 Å². The summed E-state index contributed by atoms with van der Waals surface area (Å²) < 4.78 is 0. The zero-order valence-corrected chi connectivity index (χ0v) is 13.1. The van der Waals surface area contributed by atoms with E-state index in [4.69, 9.17) is 11.6 Å². The zero-order valence-electron chi connectivity index (χ0n) is 12.3. The number of halogens is 1. The molecule has 0 aromatic heterocycles. The van der Waals surface area contributed by atoms with E-state index in [1.807, 2.05) is 0 Å². The Morgan fingerprint density at radius 3 is 2.70 bits per heavy atom. The van der Waals surface area contributed by atoms with Gasteiger partial charge in [0, 0.05) is 24.7 Å². The van der Waals surface area contributed by atoms with Gasteiger partial charge in [0.2, 0.25) is 5.91 Å². The maximum atomic E-state index is 12.7. The highest BCUT2D eigenvalue weighted by Gasteiger charge is 2.37. The summed E-state index contributed by atoms with van der Waals surface area (Å²) in [6.45, 7) is 0.445. The number of nitrogens with zero attached hydrogens (tertiary/aromatic N) is 2. The predicted octanol–water partition coefficient (Wildman–Crippen LogP) is 2.13. The second-order valence-electron chi connectivity index (χ2n) is 5.86. The number of nitro benzene ring substituents is 1. The second kappa shape index (κ2) is 6.16. The average molecular weight is 338 g/mol. The molecule has 0 bridgehead atoms. The molecular formula is C15H16ClN3O4. The number of nitrogens with one attached hydrogen (secondary N) is 1. The summed E-state index contributed by atoms with van der Waals surface area (Å²) >= 11 is 6.03. The van der Waals surface area contributed by atoms with Crippen molar-refractivity contribution in [1.29, 1.82) is 0 Å². The second-order valence-corrected chi connectivity index (χ2v) is 6.27. The molecule has 2 amide bonds. The van der Waals surface area contributed by atoms with E-state index in [0.717, 1.165) is 19.3 Å². The van der Waals surface area contributed by atoms with Gasteiger partial charge in [-0.2, -0.15) is 0 Å². The topological polar surface area (TPSA) is 92.6 Å². The third-order valence-corrected chi connectivity index (χ3v) is 4.46. The van der Waals surface area contributed by atoms with Crippen LogP contribution in [0, 0.1) is 10.1 Å². The molecule has 2 aliphatic rings. The Hall–Kier alpha value is -2.15. The highest BCUT2D eigenvalue weighted by Crippen LogP contribution is 2.28. The Morgan fingerprint density at radius 1 is 1.30 bits per heavy atom. The van der Waals surface area contributed by atoms with E-state index in [2.05, 4.69) is 5.32 Å². The standard InChI is InChI=1S/C15H16ClN3O4/c16-12-6-5-10(19(22)23)8-11(12)15(21)18-7-1-2-13(18)14(20)17-9-3-4-9/h5-6,8-9,13H,1-4,7H2,(H,17,20). The van der Waals surface area contributed by atoms with Crippen molar-refractivity contribution >= 4 is 29.1 Å². The van der Waals surface area contributed by atoms with Crippen LogP contribution in [-0.2, 0) is 4.79 Å². The van der Waals surface area contributed by atoms with Crippen molar-refractivity contribution in [3.63, 3.8) is 0 Å². The molecule has 1 N–H and O–H groups in total. The minimum absolute atomic E-state index is 0.0620. The summed E-state index contributed by atoms with van der Waals surface area (Å²) in [7, 11) is 0. The van der Waals surface area contributed by atoms with Gasteiger partial charge in [0.15, 0.2) is 0 Å². The maximum absolute atomic E-state index is 12.7. The van der Waals surface area contributed by atoms with Crippen molar-refractivity contribution in [2.45, 2.75) is 37.8 Å². The first kappa shape index (κ1) is 15.7. The van der Waals surface area contributed by atoms with Crippen LogP contribution in [0.4, 0.5) is 5.69 Å². The smallest absolute Gasteiger partial charge is 0.270 e. The number of likely N-dealkylation sites (tertiary alicyclic amines) is 1. The van der Waals surface area contributed by atoms with Gasteiger partial charge in [-0.05, 0) is 31.7 Å². The van der Waals surface area contributed by atoms with Gasteiger partial charge in [-0.3, -0.25) is 19.7 Å². The monoisotopic (exact) mass is 337 g/mol. The average Bonchev–Trinajstić information content (AvgIpc) is 3.18. The molecule has 1 aliphatic carbocycles. The van der Waals surface area contributed by atoms with Gasteiger partial charge >= 0.3 is 0 Å². The molecule has 1 unspecified atom stereocenters. The van der Waals surface area contributed by atoms with Gasteiger partial charge in [-0.15, -0.1) is 0 Å². The summed E-state index contributed by atoms with van der Waals surface area (Å²) in [4.78, 5) is 36.7. The van der Waals surface area contributed by atoms with Crippen molar-refractivity contribution in [2.24, 2.45) is 0 Å². The van der Waals surface area contributed by atoms with E-state index < -0.39 is 16.9 Å². The van der Waals surface area contributed by atoms with Crippen molar-refractivity contribution in [3.8, 4) is 0 Å². The molecule has 7 nitrogen and oxygen atoms in total. The van der Waals surface area contributed by atoms with Gasteiger partial charge < -0.3 is 10.2 Å². The van der Waals surface area contributed by atoms with Gasteiger partial charge in [-0.1, -0.05) is 11.6 Å². The minimum Gasteiger partial charge on any atom is -0.352 e. The molecule has 1 aromatic rings. The van der Waals surface area contributed by atoms with Crippen LogP contribution in [0.5, 0.6) is 0 Å². The fraction of sp³-hybridized carbons (Fsp3) is 0.467. The Kier molecular flexibility index (Phi) is 4.21. The van der Waals surface area contributed by atoms with Crippen LogP contribution in [0.1, 0.15) is 36.0 Å². The molecular weight excluding hydrogens is 322 g/mol. The van der Waals surface area contributed by atoms with Gasteiger partial charge in [0.1, 0.15) is 6.04 Å². The quantitative estimate of drug-likeness (QED) is 0.673. The van der Waals surface area contributed by atoms with Crippen LogP contribution in [0.3, 0.4) is 0 Å². The number of hydrogen-bond donors (Lipinski definition) is 1. The van der Waals surface area contributed by atoms with Crippen LogP contribution >= 0.6 is 11.6 Å². The van der Waals surface area contributed by atoms with E-state index in [9.17, 15) is 19.7 Å². The van der Waals surface area contributed by atoms with Gasteiger partial charge in [0.25, 0.3) is 11.6 Å². The number of hydrogen-bond acceptors (Lipinski definition) is 4. The van der Waals surface area contributed by atoms with Crippen molar-refractivity contribution in [3.05, 3.63) is 38.9 Å². The lowest BCUT2D eigenvalue weighted by Gasteiger charge is -2.24. The Bertz CT molecular complexity index is 675. The zero-order chi connectivity index (χ0) is 16.6. The SMILES string of the molecule is O=C(NC1CC1)C1CCCN1C(=O)c1cc([N+](=O)[O-])ccc1Cl. The van der Waals surface area contributed by atoms with Crippen LogP contribution in [-0.4, -0.2) is 40.3 Å². The van der Waals surface area contributed by atoms with E-state index >= 15 is 0 Å². The molecule has 1 atom stereocenters. The first-order valence-corrected chi connectivity index (χ1v) is 7.90. The van der Waals surface area contributed by atoms with Gasteiger partial charge in [0.05, 0.1) is 15.5 Å². The van der Waals surface area contributed by atoms with Crippen molar-refractivity contribution in [2.75, 3.05) is 6.54 Å². The number of non-ortho nitro benzene ring substituents is 1. The molecule has 3 rings (SSSR count). The first-order chi connectivity index (χ1) is 11.0. The number of carbonyl (C=O) groups excluding carboxylic acids is 2. The number of rotatable bonds is 4. The summed E-state index contributed by atoms with van der Waals surface area (Å²) in [5, 5.41) is 13.9. The highest BCUT2D eigenvalue weighted by atomic mass is 35.5. The van der Waals surface area contributed by atoms with E-state index in [-0.39, 0.29) is 28.2 Å². The molecule has 23 heavy (non-hydrogen) atoms. The normalized spacial score (nSPS) is 20.4. The van der Waals surface area contributed by atoms with Crippen LogP contribution < -0.4 is 5.32 Å². The van der Waals surface area contributed by atoms with E-state index in [0.29, 0.717) is 13.0 Å². The third kappa shape index (κ3) is 3.29. The summed E-state index contributed by atoms with van der Waals surface area (Å²) in [5.41, 5.74) is -0.136. The number of amides is 2. The Morgan fingerprint density at radius 2 is 2.04 bits per heavy atom. The maximum Gasteiger partial charge on any atom is 0.270 e. The van der Waals surface area contributed by atoms with Crippen LogP contribution in [0.2, 0.25) is 5.02 Å². The fourth-order valence-electron chi connectivity index (χ4n) is 2.75. The summed E-state index contributed by atoms with van der Waals surface area (Å²) in [6.07, 6.45) is 3.27. The molecule has 122 valence electrons. The third-order valence-electron chi connectivity index (χ3n) is 4.13. The fourth-order valence-corrected chi connectivity index (χ4v) is 2.95. The number of nitro groups is 1. The van der Waals surface area contributed by atoms with Gasteiger partial charge in [-0.25, -0.2) is 0 Å². The molecule has 8 heteroatoms. The summed E-state index contributed by atoms with van der Waals surface area (Å²) in [5.74, 6) is -0.591. The molecule has 2 fully saturated rings. The minimum atomic E-state index is -0.575. The number of carbonyl (C=O) groups is 2.